The van der Waals surface area contributed by atoms with E-state index in [0.717, 1.165) is 25.7 Å². The molecule has 1 saturated heterocycles. The number of nitrogens with one attached hydrogen (secondary N) is 2. The number of hydrogen-bond acceptors (Lipinski definition) is 4. The second-order valence-corrected chi connectivity index (χ2v) is 9.90. The van der Waals surface area contributed by atoms with E-state index in [2.05, 4.69) is 10.6 Å². The summed E-state index contributed by atoms with van der Waals surface area (Å²) in [5, 5.41) is 5.85. The molecule has 2 amide bonds. The van der Waals surface area contributed by atoms with E-state index in [1.165, 1.54) is 10.7 Å². The molecule has 1 unspecified atom stereocenters. The van der Waals surface area contributed by atoms with Crippen LogP contribution in [-0.4, -0.2) is 50.2 Å². The van der Waals surface area contributed by atoms with Gasteiger partial charge in [0.2, 0.25) is 21.8 Å². The minimum absolute atomic E-state index is 0.0332. The molecule has 2 N–H and O–H groups in total. The van der Waals surface area contributed by atoms with E-state index in [0.29, 0.717) is 19.4 Å². The topological polar surface area (TPSA) is 95.6 Å². The van der Waals surface area contributed by atoms with Gasteiger partial charge in [-0.15, -0.1) is 0 Å². The molecule has 3 rings (SSSR count). The molecule has 1 saturated carbocycles. The smallest absolute Gasteiger partial charge is 0.243 e. The van der Waals surface area contributed by atoms with Crippen molar-refractivity contribution in [2.24, 2.45) is 5.92 Å². The van der Waals surface area contributed by atoms with Crippen LogP contribution in [0.25, 0.3) is 0 Å². The lowest BCUT2D eigenvalue weighted by Gasteiger charge is -2.31. The van der Waals surface area contributed by atoms with Gasteiger partial charge in [0.05, 0.1) is 10.8 Å². The number of amides is 2. The molecule has 8 heteroatoms. The fraction of sp³-hybridized carbons (Fsp3) is 0.619. The van der Waals surface area contributed by atoms with Crippen molar-refractivity contribution in [3.8, 4) is 0 Å². The molecule has 160 valence electrons. The van der Waals surface area contributed by atoms with Gasteiger partial charge in [-0.1, -0.05) is 37.5 Å². The van der Waals surface area contributed by atoms with Crippen LogP contribution in [0.15, 0.2) is 35.2 Å². The second kappa shape index (κ2) is 10.2. The molecule has 1 aromatic rings. The van der Waals surface area contributed by atoms with E-state index >= 15 is 0 Å². The van der Waals surface area contributed by atoms with Gasteiger partial charge >= 0.3 is 0 Å². The van der Waals surface area contributed by atoms with Gasteiger partial charge in [0.25, 0.3) is 0 Å². The summed E-state index contributed by atoms with van der Waals surface area (Å²) >= 11 is 0. The number of carbonyl (C=O) groups is 2. The van der Waals surface area contributed by atoms with Crippen LogP contribution in [0.3, 0.4) is 0 Å². The molecule has 2 fully saturated rings. The minimum Gasteiger partial charge on any atom is -0.355 e. The van der Waals surface area contributed by atoms with E-state index in [-0.39, 0.29) is 48.2 Å². The van der Waals surface area contributed by atoms with Crippen molar-refractivity contribution in [3.63, 3.8) is 0 Å². The summed E-state index contributed by atoms with van der Waals surface area (Å²) in [5.74, 6) is -0.596. The summed E-state index contributed by atoms with van der Waals surface area (Å²) in [7, 11) is -3.59. The summed E-state index contributed by atoms with van der Waals surface area (Å²) in [6, 6.07) is 8.57. The maximum Gasteiger partial charge on any atom is 0.243 e. The highest BCUT2D eigenvalue weighted by Gasteiger charge is 2.33. The van der Waals surface area contributed by atoms with Gasteiger partial charge in [-0.2, -0.15) is 4.31 Å². The molecule has 1 heterocycles. The number of rotatable bonds is 7. The van der Waals surface area contributed by atoms with Crippen LogP contribution in [0, 0.1) is 5.92 Å². The minimum atomic E-state index is -3.59. The first kappa shape index (κ1) is 21.8. The van der Waals surface area contributed by atoms with Gasteiger partial charge in [0.1, 0.15) is 0 Å². The number of benzene rings is 1. The van der Waals surface area contributed by atoms with E-state index in [9.17, 15) is 18.0 Å². The second-order valence-electron chi connectivity index (χ2n) is 7.96. The number of nitrogens with zero attached hydrogens (tertiary/aromatic N) is 1. The zero-order valence-electron chi connectivity index (χ0n) is 16.8. The van der Waals surface area contributed by atoms with Crippen molar-refractivity contribution < 1.29 is 18.0 Å². The third kappa shape index (κ3) is 6.02. The Balaban J connectivity index is 1.45. The number of hydrogen-bond donors (Lipinski definition) is 2. The molecule has 1 atom stereocenters. The Kier molecular flexibility index (Phi) is 7.66. The summed E-state index contributed by atoms with van der Waals surface area (Å²) in [5.41, 5.74) is 0. The van der Waals surface area contributed by atoms with Crippen LogP contribution in [0.4, 0.5) is 0 Å². The molecule has 0 spiro atoms. The first-order valence-electron chi connectivity index (χ1n) is 10.6. The third-order valence-electron chi connectivity index (χ3n) is 5.76. The SMILES string of the molecule is O=C(CCNC(=O)C1CCCN(S(=O)(=O)c2ccccc2)C1)NC1CCCCC1. The number of piperidine rings is 1. The van der Waals surface area contributed by atoms with Crippen LogP contribution in [0.1, 0.15) is 51.4 Å². The molecule has 29 heavy (non-hydrogen) atoms. The van der Waals surface area contributed by atoms with Crippen molar-refractivity contribution in [2.75, 3.05) is 19.6 Å². The zero-order chi connectivity index (χ0) is 20.7. The van der Waals surface area contributed by atoms with Gasteiger partial charge in [-0.05, 0) is 37.8 Å². The number of sulfonamides is 1. The molecule has 0 bridgehead atoms. The highest BCUT2D eigenvalue weighted by Crippen LogP contribution is 2.23. The zero-order valence-corrected chi connectivity index (χ0v) is 17.6. The molecule has 1 aliphatic heterocycles. The van der Waals surface area contributed by atoms with E-state index in [4.69, 9.17) is 0 Å². The maximum absolute atomic E-state index is 12.8. The lowest BCUT2D eigenvalue weighted by Crippen LogP contribution is -2.46. The van der Waals surface area contributed by atoms with Crippen LogP contribution < -0.4 is 10.6 Å². The van der Waals surface area contributed by atoms with Gasteiger partial charge in [-0.25, -0.2) is 8.42 Å². The van der Waals surface area contributed by atoms with Crippen LogP contribution >= 0.6 is 0 Å². The van der Waals surface area contributed by atoms with Crippen molar-refractivity contribution in [2.45, 2.75) is 62.3 Å². The van der Waals surface area contributed by atoms with Crippen molar-refractivity contribution in [3.05, 3.63) is 30.3 Å². The van der Waals surface area contributed by atoms with Crippen LogP contribution in [-0.2, 0) is 19.6 Å². The molecular formula is C21H31N3O4S. The van der Waals surface area contributed by atoms with E-state index in [1.807, 2.05) is 0 Å². The highest BCUT2D eigenvalue weighted by molar-refractivity contribution is 7.89. The summed E-state index contributed by atoms with van der Waals surface area (Å²) in [6.45, 7) is 0.876. The Morgan fingerprint density at radius 3 is 2.45 bits per heavy atom. The standard InChI is InChI=1S/C21H31N3O4S/c25-20(23-18-9-3-1-4-10-18)13-14-22-21(26)17-8-7-15-24(16-17)29(27,28)19-11-5-2-6-12-19/h2,5-6,11-12,17-18H,1,3-4,7-10,13-16H2,(H,22,26)(H,23,25). The average molecular weight is 422 g/mol. The van der Waals surface area contributed by atoms with Crippen LogP contribution in [0.2, 0.25) is 0 Å². The van der Waals surface area contributed by atoms with Gasteiger partial charge in [0.15, 0.2) is 0 Å². The van der Waals surface area contributed by atoms with E-state index < -0.39 is 10.0 Å². The van der Waals surface area contributed by atoms with Gasteiger partial charge in [-0.3, -0.25) is 9.59 Å². The van der Waals surface area contributed by atoms with Gasteiger partial charge < -0.3 is 10.6 Å². The molecule has 7 nitrogen and oxygen atoms in total. The molecule has 1 aliphatic carbocycles. The molecule has 0 aromatic heterocycles. The Labute approximate surface area is 173 Å². The Morgan fingerprint density at radius 1 is 1.00 bits per heavy atom. The lowest BCUT2D eigenvalue weighted by atomic mass is 9.95. The van der Waals surface area contributed by atoms with Crippen molar-refractivity contribution in [1.29, 1.82) is 0 Å². The first-order valence-corrected chi connectivity index (χ1v) is 12.0. The number of carbonyl (C=O) groups excluding carboxylic acids is 2. The van der Waals surface area contributed by atoms with E-state index in [1.54, 1.807) is 30.3 Å². The fourth-order valence-corrected chi connectivity index (χ4v) is 5.65. The monoisotopic (exact) mass is 421 g/mol. The predicted octanol–water partition coefficient (Wildman–Crippen LogP) is 2.04. The fourth-order valence-electron chi connectivity index (χ4n) is 4.11. The molecule has 1 aromatic carbocycles. The summed E-state index contributed by atoms with van der Waals surface area (Å²) in [4.78, 5) is 24.8. The maximum atomic E-state index is 12.8. The lowest BCUT2D eigenvalue weighted by molar-refractivity contribution is -0.126. The quantitative estimate of drug-likeness (QED) is 0.704. The average Bonchev–Trinajstić information content (AvgIpc) is 2.75. The summed E-state index contributed by atoms with van der Waals surface area (Å²) in [6.07, 6.45) is 7.17. The third-order valence-corrected chi connectivity index (χ3v) is 7.64. The molecule has 0 radical (unpaired) electrons. The predicted molar refractivity (Wildman–Crippen MR) is 111 cm³/mol. The largest absolute Gasteiger partial charge is 0.355 e. The normalized spacial score (nSPS) is 21.4. The molecular weight excluding hydrogens is 390 g/mol. The first-order chi connectivity index (χ1) is 14.0. The summed E-state index contributed by atoms with van der Waals surface area (Å²) < 4.78 is 27.0. The Hall–Kier alpha value is -1.93. The highest BCUT2D eigenvalue weighted by atomic mass is 32.2. The molecule has 2 aliphatic rings. The van der Waals surface area contributed by atoms with Crippen LogP contribution in [0.5, 0.6) is 0 Å². The van der Waals surface area contributed by atoms with Gasteiger partial charge in [0, 0.05) is 32.1 Å². The Morgan fingerprint density at radius 2 is 1.72 bits per heavy atom. The van der Waals surface area contributed by atoms with Crippen molar-refractivity contribution in [1.82, 2.24) is 14.9 Å². The Bertz CT molecular complexity index is 791. The van der Waals surface area contributed by atoms with Crippen molar-refractivity contribution >= 4 is 21.8 Å².